The lowest BCUT2D eigenvalue weighted by Crippen LogP contribution is -2.51. The second kappa shape index (κ2) is 10.2. The van der Waals surface area contributed by atoms with Crippen LogP contribution in [0.4, 0.5) is 9.18 Å². The molecule has 0 spiro atoms. The van der Waals surface area contributed by atoms with Gasteiger partial charge in [0.1, 0.15) is 5.82 Å². The second-order valence-electron chi connectivity index (χ2n) is 7.56. The number of esters is 1. The van der Waals surface area contributed by atoms with Gasteiger partial charge >= 0.3 is 12.0 Å². The van der Waals surface area contributed by atoms with Gasteiger partial charge in [-0.3, -0.25) is 5.10 Å². The number of benzene rings is 1. The largest absolute Gasteiger partial charge is 0.463 e. The number of amides is 2. The molecule has 8 nitrogen and oxygen atoms in total. The van der Waals surface area contributed by atoms with Crippen molar-refractivity contribution in [2.45, 2.75) is 32.7 Å². The lowest BCUT2D eigenvalue weighted by atomic mass is 10.0. The van der Waals surface area contributed by atoms with Crippen molar-refractivity contribution in [2.75, 3.05) is 26.7 Å². The Morgan fingerprint density at radius 3 is 2.87 bits per heavy atom. The van der Waals surface area contributed by atoms with Gasteiger partial charge < -0.3 is 20.3 Å². The van der Waals surface area contributed by atoms with Crippen LogP contribution in [-0.2, 0) is 16.0 Å². The second-order valence-corrected chi connectivity index (χ2v) is 7.56. The zero-order chi connectivity index (χ0) is 22.4. The quantitative estimate of drug-likeness (QED) is 0.532. The van der Waals surface area contributed by atoms with E-state index in [9.17, 15) is 14.0 Å². The van der Waals surface area contributed by atoms with Gasteiger partial charge in [-0.1, -0.05) is 12.1 Å². The number of nitrogens with zero attached hydrogens (tertiary/aromatic N) is 2. The first-order valence-corrected chi connectivity index (χ1v) is 10.3. The maximum Gasteiger partial charge on any atom is 0.337 e. The van der Waals surface area contributed by atoms with Crippen LogP contribution in [0.15, 0.2) is 41.6 Å². The van der Waals surface area contributed by atoms with Gasteiger partial charge in [0, 0.05) is 23.5 Å². The predicted molar refractivity (Wildman–Crippen MR) is 115 cm³/mol. The van der Waals surface area contributed by atoms with E-state index in [1.165, 1.54) is 12.1 Å². The summed E-state index contributed by atoms with van der Waals surface area (Å²) in [7, 11) is 1.93. The number of H-pyrrole nitrogens is 1. The van der Waals surface area contributed by atoms with Gasteiger partial charge in [0.2, 0.25) is 0 Å². The van der Waals surface area contributed by atoms with Gasteiger partial charge in [0.15, 0.2) is 0 Å². The molecule has 1 aliphatic rings. The number of rotatable bonds is 9. The minimum atomic E-state index is -0.423. The number of ether oxygens (including phenoxy) is 1. The van der Waals surface area contributed by atoms with E-state index in [4.69, 9.17) is 4.74 Å². The van der Waals surface area contributed by atoms with Crippen molar-refractivity contribution in [3.05, 3.63) is 53.1 Å². The Morgan fingerprint density at radius 2 is 2.13 bits per heavy atom. The number of urea groups is 1. The minimum absolute atomic E-state index is 0.272. The molecule has 0 bridgehead atoms. The number of aromatic amines is 1. The van der Waals surface area contributed by atoms with Crippen molar-refractivity contribution in [3.8, 4) is 11.3 Å². The summed E-state index contributed by atoms with van der Waals surface area (Å²) in [6, 6.07) is 7.52. The Labute approximate surface area is 180 Å². The summed E-state index contributed by atoms with van der Waals surface area (Å²) >= 11 is 0. The van der Waals surface area contributed by atoms with E-state index >= 15 is 0 Å². The third-order valence-electron chi connectivity index (χ3n) is 5.03. The molecule has 0 fully saturated rings. The first-order chi connectivity index (χ1) is 14.9. The standard InChI is InChI=1S/C22H28FN5O3/c1-4-31-21(29)20-14(2)24-22(30)25-19(20)13-28(3)10-6-9-17-12-18(27-26-17)15-7-5-8-16(23)11-15/h5,7-8,11-12,14H,4,6,9-10,13H2,1-3H3,(H,26,27)(H2,24,25,30). The Bertz CT molecular complexity index is 972. The third-order valence-corrected chi connectivity index (χ3v) is 5.03. The molecule has 3 rings (SSSR count). The molecule has 3 N–H and O–H groups in total. The van der Waals surface area contributed by atoms with Crippen molar-refractivity contribution >= 4 is 12.0 Å². The number of carbonyl (C=O) groups excluding carboxylic acids is 2. The van der Waals surface area contributed by atoms with Crippen LogP contribution in [-0.4, -0.2) is 59.9 Å². The van der Waals surface area contributed by atoms with Gasteiger partial charge in [-0.2, -0.15) is 5.10 Å². The molecule has 0 saturated heterocycles. The van der Waals surface area contributed by atoms with Crippen molar-refractivity contribution < 1.29 is 18.7 Å². The number of aromatic nitrogens is 2. The number of likely N-dealkylation sites (N-methyl/N-ethyl adjacent to an activating group) is 1. The molecule has 1 atom stereocenters. The molecule has 2 aromatic rings. The molecule has 1 aromatic carbocycles. The van der Waals surface area contributed by atoms with Gasteiger partial charge in [0.25, 0.3) is 0 Å². The molecule has 0 aliphatic carbocycles. The molecular formula is C22H28FN5O3. The highest BCUT2D eigenvalue weighted by atomic mass is 19.1. The van der Waals surface area contributed by atoms with E-state index in [0.29, 0.717) is 23.5 Å². The van der Waals surface area contributed by atoms with E-state index in [1.807, 2.05) is 24.1 Å². The molecular weight excluding hydrogens is 401 g/mol. The molecule has 9 heteroatoms. The van der Waals surface area contributed by atoms with Crippen LogP contribution in [0, 0.1) is 5.82 Å². The number of hydrogen-bond donors (Lipinski definition) is 3. The summed E-state index contributed by atoms with van der Waals surface area (Å²) in [5.41, 5.74) is 3.41. The molecule has 2 heterocycles. The van der Waals surface area contributed by atoms with Crippen LogP contribution in [0.3, 0.4) is 0 Å². The normalized spacial score (nSPS) is 16.3. The van der Waals surface area contributed by atoms with Crippen LogP contribution in [0.2, 0.25) is 0 Å². The maximum atomic E-state index is 13.4. The monoisotopic (exact) mass is 429 g/mol. The minimum Gasteiger partial charge on any atom is -0.463 e. The van der Waals surface area contributed by atoms with Gasteiger partial charge in [-0.25, -0.2) is 14.0 Å². The summed E-state index contributed by atoms with van der Waals surface area (Å²) < 4.78 is 18.5. The van der Waals surface area contributed by atoms with Crippen LogP contribution in [0.25, 0.3) is 11.3 Å². The van der Waals surface area contributed by atoms with Crippen molar-refractivity contribution in [2.24, 2.45) is 0 Å². The van der Waals surface area contributed by atoms with Gasteiger partial charge in [-0.15, -0.1) is 0 Å². The lowest BCUT2D eigenvalue weighted by Gasteiger charge is -2.29. The van der Waals surface area contributed by atoms with Crippen molar-refractivity contribution in [3.63, 3.8) is 0 Å². The Morgan fingerprint density at radius 1 is 1.32 bits per heavy atom. The van der Waals surface area contributed by atoms with Crippen molar-refractivity contribution in [1.29, 1.82) is 0 Å². The predicted octanol–water partition coefficient (Wildman–Crippen LogP) is 2.60. The first kappa shape index (κ1) is 22.5. The number of carbonyl (C=O) groups is 2. The highest BCUT2D eigenvalue weighted by Gasteiger charge is 2.29. The fourth-order valence-corrected chi connectivity index (χ4v) is 3.58. The van der Waals surface area contributed by atoms with Crippen LogP contribution < -0.4 is 10.6 Å². The van der Waals surface area contributed by atoms with E-state index in [2.05, 4.69) is 20.8 Å². The smallest absolute Gasteiger partial charge is 0.337 e. The highest BCUT2D eigenvalue weighted by Crippen LogP contribution is 2.19. The van der Waals surface area contributed by atoms with Crippen molar-refractivity contribution in [1.82, 2.24) is 25.7 Å². The molecule has 0 radical (unpaired) electrons. The SMILES string of the molecule is CCOC(=O)C1=C(CN(C)CCCc2cc(-c3cccc(F)c3)n[nH]2)NC(=O)NC1C. The summed E-state index contributed by atoms with van der Waals surface area (Å²) in [6.07, 6.45) is 1.60. The van der Waals surface area contributed by atoms with Gasteiger partial charge in [0.05, 0.1) is 23.9 Å². The number of aryl methyl sites for hydroxylation is 1. The Balaban J connectivity index is 1.57. The van der Waals surface area contributed by atoms with Crippen LogP contribution in [0.1, 0.15) is 26.0 Å². The van der Waals surface area contributed by atoms with Crippen LogP contribution in [0.5, 0.6) is 0 Å². The summed E-state index contributed by atoms with van der Waals surface area (Å²) in [6.45, 7) is 4.95. The average Bonchev–Trinajstić information content (AvgIpc) is 3.16. The number of halogens is 1. The molecule has 1 aromatic heterocycles. The van der Waals surface area contributed by atoms with E-state index in [-0.39, 0.29) is 18.5 Å². The summed E-state index contributed by atoms with van der Waals surface area (Å²) in [5, 5.41) is 12.7. The fourth-order valence-electron chi connectivity index (χ4n) is 3.58. The summed E-state index contributed by atoms with van der Waals surface area (Å²) in [4.78, 5) is 26.2. The number of nitrogens with one attached hydrogen (secondary N) is 3. The third kappa shape index (κ3) is 5.91. The highest BCUT2D eigenvalue weighted by molar-refractivity contribution is 5.94. The molecule has 1 aliphatic heterocycles. The molecule has 1 unspecified atom stereocenters. The molecule has 166 valence electrons. The number of hydrogen-bond acceptors (Lipinski definition) is 5. The maximum absolute atomic E-state index is 13.4. The first-order valence-electron chi connectivity index (χ1n) is 10.3. The van der Waals surface area contributed by atoms with Crippen LogP contribution >= 0.6 is 0 Å². The molecule has 2 amide bonds. The van der Waals surface area contributed by atoms with E-state index in [0.717, 1.165) is 30.6 Å². The lowest BCUT2D eigenvalue weighted by molar-refractivity contribution is -0.139. The fraction of sp³-hybridized carbons (Fsp3) is 0.409. The molecule has 0 saturated carbocycles. The molecule has 31 heavy (non-hydrogen) atoms. The zero-order valence-corrected chi connectivity index (χ0v) is 18.0. The Hall–Kier alpha value is -3.20. The summed E-state index contributed by atoms with van der Waals surface area (Å²) in [5.74, 6) is -0.715. The van der Waals surface area contributed by atoms with Gasteiger partial charge in [-0.05, 0) is 58.5 Å². The zero-order valence-electron chi connectivity index (χ0n) is 18.0. The Kier molecular flexibility index (Phi) is 7.41. The van der Waals surface area contributed by atoms with E-state index in [1.54, 1.807) is 19.9 Å². The topological polar surface area (TPSA) is 99.3 Å². The average molecular weight is 429 g/mol. The van der Waals surface area contributed by atoms with E-state index < -0.39 is 12.0 Å².